The van der Waals surface area contributed by atoms with E-state index in [0.29, 0.717) is 16.0 Å². The number of halogens is 2. The van der Waals surface area contributed by atoms with E-state index in [1.807, 2.05) is 26.2 Å². The van der Waals surface area contributed by atoms with Gasteiger partial charge in [0, 0.05) is 5.54 Å². The van der Waals surface area contributed by atoms with E-state index in [-0.39, 0.29) is 12.1 Å². The molecule has 0 spiro atoms. The smallest absolute Gasteiger partial charge is 0.0621 e. The fraction of sp³-hybridized carbons (Fsp3) is 0.571. The van der Waals surface area contributed by atoms with Crippen LogP contribution in [-0.2, 0) is 6.42 Å². The second kappa shape index (κ2) is 6.25. The lowest BCUT2D eigenvalue weighted by molar-refractivity contribution is 0.0288. The molecular formula is C14H21Cl2NO. The first-order valence-electron chi connectivity index (χ1n) is 6.05. The van der Waals surface area contributed by atoms with E-state index in [1.54, 1.807) is 6.07 Å². The van der Waals surface area contributed by atoms with Gasteiger partial charge in [0.1, 0.15) is 0 Å². The van der Waals surface area contributed by atoms with Gasteiger partial charge >= 0.3 is 0 Å². The van der Waals surface area contributed by atoms with Crippen molar-refractivity contribution in [1.29, 1.82) is 0 Å². The normalized spacial score (nSPS) is 15.2. The van der Waals surface area contributed by atoms with Crippen LogP contribution in [0.15, 0.2) is 18.2 Å². The summed E-state index contributed by atoms with van der Waals surface area (Å²) in [6.45, 7) is 4.35. The molecule has 0 aromatic heterocycles. The molecule has 0 radical (unpaired) electrons. The van der Waals surface area contributed by atoms with Gasteiger partial charge in [0.25, 0.3) is 0 Å². The molecule has 0 heterocycles. The first kappa shape index (κ1) is 15.8. The summed E-state index contributed by atoms with van der Waals surface area (Å²) in [5.74, 6) is 0.326. The quantitative estimate of drug-likeness (QED) is 0.897. The molecule has 0 aliphatic rings. The van der Waals surface area contributed by atoms with Crippen molar-refractivity contribution in [3.63, 3.8) is 0 Å². The van der Waals surface area contributed by atoms with Crippen molar-refractivity contribution in [2.75, 3.05) is 20.7 Å². The molecule has 0 amide bonds. The fourth-order valence-corrected chi connectivity index (χ4v) is 2.58. The van der Waals surface area contributed by atoms with Gasteiger partial charge in [-0.25, -0.2) is 0 Å². The maximum atomic E-state index is 9.80. The molecule has 1 unspecified atom stereocenters. The van der Waals surface area contributed by atoms with E-state index in [1.165, 1.54) is 0 Å². The Kier molecular flexibility index (Phi) is 5.47. The molecule has 1 aromatic carbocycles. The van der Waals surface area contributed by atoms with E-state index >= 15 is 0 Å². The first-order chi connectivity index (χ1) is 8.33. The summed E-state index contributed by atoms with van der Waals surface area (Å²) in [6, 6.07) is 5.64. The van der Waals surface area contributed by atoms with Crippen molar-refractivity contribution in [2.24, 2.45) is 5.92 Å². The van der Waals surface area contributed by atoms with Gasteiger partial charge in [0.05, 0.1) is 16.7 Å². The average Bonchev–Trinajstić information content (AvgIpc) is 2.29. The summed E-state index contributed by atoms with van der Waals surface area (Å²) < 4.78 is 0. The van der Waals surface area contributed by atoms with Crippen LogP contribution in [0.4, 0.5) is 0 Å². The minimum atomic E-state index is -0.281. The third-order valence-corrected chi connectivity index (χ3v) is 4.47. The Morgan fingerprint density at radius 3 is 2.22 bits per heavy atom. The number of hydrogen-bond acceptors (Lipinski definition) is 2. The SMILES string of the molecule is CC(C)C(CO)(Cc1ccc(Cl)c(Cl)c1)N(C)C. The lowest BCUT2D eigenvalue weighted by atomic mass is 9.80. The molecule has 1 rings (SSSR count). The lowest BCUT2D eigenvalue weighted by Gasteiger charge is -2.42. The van der Waals surface area contributed by atoms with Crippen molar-refractivity contribution in [3.8, 4) is 0 Å². The highest BCUT2D eigenvalue weighted by Crippen LogP contribution is 2.30. The zero-order valence-corrected chi connectivity index (χ0v) is 12.9. The zero-order valence-electron chi connectivity index (χ0n) is 11.4. The number of hydrogen-bond donors (Lipinski definition) is 1. The Labute approximate surface area is 120 Å². The summed E-state index contributed by atoms with van der Waals surface area (Å²) in [6.07, 6.45) is 0.741. The average molecular weight is 290 g/mol. The highest BCUT2D eigenvalue weighted by molar-refractivity contribution is 6.42. The maximum absolute atomic E-state index is 9.80. The van der Waals surface area contributed by atoms with Gasteiger partial charge in [-0.3, -0.25) is 0 Å². The number of nitrogens with zero attached hydrogens (tertiary/aromatic N) is 1. The zero-order chi connectivity index (χ0) is 13.9. The van der Waals surface area contributed by atoms with E-state index in [4.69, 9.17) is 23.2 Å². The largest absolute Gasteiger partial charge is 0.394 e. The van der Waals surface area contributed by atoms with Crippen LogP contribution in [0.25, 0.3) is 0 Å². The van der Waals surface area contributed by atoms with Crippen LogP contribution < -0.4 is 0 Å². The van der Waals surface area contributed by atoms with Gasteiger partial charge in [-0.1, -0.05) is 43.1 Å². The highest BCUT2D eigenvalue weighted by Gasteiger charge is 2.35. The summed E-state index contributed by atoms with van der Waals surface area (Å²) in [4.78, 5) is 2.08. The van der Waals surface area contributed by atoms with Crippen LogP contribution in [0.2, 0.25) is 10.0 Å². The predicted octanol–water partition coefficient (Wildman–Crippen LogP) is 3.48. The number of aliphatic hydroxyl groups excluding tert-OH is 1. The summed E-state index contributed by atoms with van der Waals surface area (Å²) >= 11 is 12.0. The van der Waals surface area contributed by atoms with Crippen molar-refractivity contribution >= 4 is 23.2 Å². The van der Waals surface area contributed by atoms with Gasteiger partial charge in [0.15, 0.2) is 0 Å². The monoisotopic (exact) mass is 289 g/mol. The molecule has 1 N–H and O–H groups in total. The fourth-order valence-electron chi connectivity index (χ4n) is 2.26. The van der Waals surface area contributed by atoms with Crippen LogP contribution in [0, 0.1) is 5.92 Å². The number of aliphatic hydroxyl groups is 1. The molecule has 0 bridgehead atoms. The van der Waals surface area contributed by atoms with E-state index in [2.05, 4.69) is 18.7 Å². The lowest BCUT2D eigenvalue weighted by Crippen LogP contribution is -2.53. The summed E-state index contributed by atoms with van der Waals surface area (Å²) in [5.41, 5.74) is 0.804. The molecule has 0 saturated heterocycles. The molecule has 102 valence electrons. The van der Waals surface area contributed by atoms with Gasteiger partial charge < -0.3 is 10.0 Å². The van der Waals surface area contributed by atoms with Crippen LogP contribution in [0.1, 0.15) is 19.4 Å². The molecule has 0 aliphatic heterocycles. The molecule has 0 aliphatic carbocycles. The number of benzene rings is 1. The summed E-state index contributed by atoms with van der Waals surface area (Å²) in [7, 11) is 3.99. The van der Waals surface area contributed by atoms with Crippen molar-refractivity contribution in [1.82, 2.24) is 4.90 Å². The van der Waals surface area contributed by atoms with E-state index < -0.39 is 0 Å². The topological polar surface area (TPSA) is 23.5 Å². The standard InChI is InChI=1S/C14H21Cl2NO/c1-10(2)14(9-18,17(3)4)8-11-5-6-12(15)13(16)7-11/h5-7,10,18H,8-9H2,1-4H3. The molecule has 4 heteroatoms. The van der Waals surface area contributed by atoms with Gasteiger partial charge in [-0.2, -0.15) is 0 Å². The van der Waals surface area contributed by atoms with Crippen molar-refractivity contribution in [3.05, 3.63) is 33.8 Å². The van der Waals surface area contributed by atoms with Gasteiger partial charge in [-0.15, -0.1) is 0 Å². The maximum Gasteiger partial charge on any atom is 0.0621 e. The Morgan fingerprint density at radius 1 is 1.22 bits per heavy atom. The van der Waals surface area contributed by atoms with Crippen LogP contribution >= 0.6 is 23.2 Å². The Hall–Kier alpha value is -0.280. The number of rotatable bonds is 5. The molecule has 2 nitrogen and oxygen atoms in total. The second-order valence-corrected chi connectivity index (χ2v) is 6.05. The highest BCUT2D eigenvalue weighted by atomic mass is 35.5. The molecule has 18 heavy (non-hydrogen) atoms. The minimum absolute atomic E-state index is 0.109. The molecule has 1 aromatic rings. The van der Waals surface area contributed by atoms with Gasteiger partial charge in [-0.05, 0) is 44.1 Å². The summed E-state index contributed by atoms with van der Waals surface area (Å²) in [5, 5.41) is 10.9. The van der Waals surface area contributed by atoms with Crippen LogP contribution in [-0.4, -0.2) is 36.2 Å². The third-order valence-electron chi connectivity index (χ3n) is 3.73. The molecule has 1 atom stereocenters. The van der Waals surface area contributed by atoms with Crippen LogP contribution in [0.5, 0.6) is 0 Å². The number of likely N-dealkylation sites (N-methyl/N-ethyl adjacent to an activating group) is 1. The van der Waals surface area contributed by atoms with E-state index in [9.17, 15) is 5.11 Å². The van der Waals surface area contributed by atoms with Gasteiger partial charge in [0.2, 0.25) is 0 Å². The minimum Gasteiger partial charge on any atom is -0.394 e. The Morgan fingerprint density at radius 2 is 1.83 bits per heavy atom. The van der Waals surface area contributed by atoms with E-state index in [0.717, 1.165) is 12.0 Å². The van der Waals surface area contributed by atoms with Crippen molar-refractivity contribution < 1.29 is 5.11 Å². The Balaban J connectivity index is 3.06. The molecule has 0 fully saturated rings. The molecular weight excluding hydrogens is 269 g/mol. The van der Waals surface area contributed by atoms with Crippen molar-refractivity contribution in [2.45, 2.75) is 25.8 Å². The predicted molar refractivity (Wildman–Crippen MR) is 78.5 cm³/mol. The first-order valence-corrected chi connectivity index (χ1v) is 6.81. The second-order valence-electron chi connectivity index (χ2n) is 5.24. The third kappa shape index (κ3) is 3.18. The van der Waals surface area contributed by atoms with Crippen LogP contribution in [0.3, 0.4) is 0 Å². The molecule has 0 saturated carbocycles. The Bertz CT molecular complexity index is 397.